The Morgan fingerprint density at radius 1 is 0.961 bits per heavy atom. The van der Waals surface area contributed by atoms with Gasteiger partial charge in [0, 0.05) is 65.3 Å². The van der Waals surface area contributed by atoms with E-state index < -0.39 is 10.8 Å². The van der Waals surface area contributed by atoms with E-state index in [2.05, 4.69) is 24.1 Å². The molecule has 4 aromatic rings. The molecular weight excluding hydrogens is 661 g/mol. The molecule has 3 aromatic carbocycles. The first-order valence-corrected chi connectivity index (χ1v) is 19.2. The lowest BCUT2D eigenvalue weighted by molar-refractivity contribution is -0.787. The first kappa shape index (κ1) is 37.6. The zero-order chi connectivity index (χ0) is 35.9. The number of quaternary nitrogens is 1. The molecule has 1 N–H and O–H groups in total. The average Bonchev–Trinajstić information content (AvgIpc) is 3.58. The van der Waals surface area contributed by atoms with Gasteiger partial charge in [-0.3, -0.25) is 9.00 Å². The van der Waals surface area contributed by atoms with Crippen molar-refractivity contribution in [1.29, 1.82) is 0 Å². The van der Waals surface area contributed by atoms with Gasteiger partial charge in [-0.15, -0.1) is 0 Å². The van der Waals surface area contributed by atoms with Crippen molar-refractivity contribution in [1.82, 2.24) is 9.55 Å². The number of benzene rings is 3. The Labute approximate surface area is 304 Å². The minimum Gasteiger partial charge on any atom is -0.491 e. The molecule has 0 fully saturated rings. The first-order valence-electron chi connectivity index (χ1n) is 17.8. The maximum absolute atomic E-state index is 13.6. The minimum absolute atomic E-state index is 0.0954. The summed E-state index contributed by atoms with van der Waals surface area (Å²) in [6, 6.07) is 24.9. The third-order valence-electron chi connectivity index (χ3n) is 8.92. The lowest BCUT2D eigenvalue weighted by Crippen LogP contribution is -2.45. The maximum atomic E-state index is 13.6. The standard InChI is InChI=1S/C41H48N4O5S/c1-3-5-27-49-28-29-50-37-18-13-34(14-19-37)39-22-15-35(12-9-26-45(39,32-46)30-33-10-7-6-8-11-33)41(47)43-36-16-20-38(21-17-36)51(48)31-40-42-23-25-44(40)24-4-2/h6-8,10-11,13-23,25,32H,3-5,9,12,24,26-31H2,1-2H3/p+1. The van der Waals surface area contributed by atoms with Crippen molar-refractivity contribution in [3.63, 3.8) is 0 Å². The van der Waals surface area contributed by atoms with Gasteiger partial charge in [-0.25, -0.2) is 14.3 Å². The molecule has 0 aliphatic carbocycles. The van der Waals surface area contributed by atoms with Crippen LogP contribution >= 0.6 is 0 Å². The SMILES string of the molecule is CCCCOCCOc1ccc(C2=CC=C(C(=O)Nc3ccc(S(=O)Cc4nccn4CCC)cc3)CCC[N+]2(C=O)Cc2ccccc2)cc1. The van der Waals surface area contributed by atoms with Gasteiger partial charge in [0.05, 0.1) is 29.7 Å². The number of anilines is 1. The van der Waals surface area contributed by atoms with Crippen LogP contribution in [0.1, 0.15) is 62.9 Å². The number of aromatic nitrogens is 2. The van der Waals surface area contributed by atoms with Gasteiger partial charge in [0.2, 0.25) is 0 Å². The number of ether oxygens (including phenoxy) is 2. The third-order valence-corrected chi connectivity index (χ3v) is 10.2. The molecule has 10 heteroatoms. The molecular formula is C41H49N4O5S+. The second kappa shape index (κ2) is 19.1. The van der Waals surface area contributed by atoms with Crippen LogP contribution < -0.4 is 10.1 Å². The van der Waals surface area contributed by atoms with Crippen LogP contribution in [0.25, 0.3) is 5.70 Å². The molecule has 268 valence electrons. The number of hydrogen-bond acceptors (Lipinski definition) is 6. The maximum Gasteiger partial charge on any atom is 0.306 e. The fraction of sp³-hybridized carbons (Fsp3) is 0.341. The topological polar surface area (TPSA) is 99.5 Å². The highest BCUT2D eigenvalue weighted by Crippen LogP contribution is 2.33. The fourth-order valence-corrected chi connectivity index (χ4v) is 7.24. The number of unbranched alkanes of at least 4 members (excludes halogenated alkanes) is 1. The summed E-state index contributed by atoms with van der Waals surface area (Å²) in [6.45, 7) is 7.81. The summed E-state index contributed by atoms with van der Waals surface area (Å²) in [6.07, 6.45) is 12.7. The highest BCUT2D eigenvalue weighted by molar-refractivity contribution is 7.84. The predicted molar refractivity (Wildman–Crippen MR) is 202 cm³/mol. The number of aryl methyl sites for hydroxylation is 1. The summed E-state index contributed by atoms with van der Waals surface area (Å²) >= 11 is 0. The van der Waals surface area contributed by atoms with Crippen molar-refractivity contribution < 1.29 is 27.8 Å². The number of rotatable bonds is 18. The van der Waals surface area contributed by atoms with Crippen molar-refractivity contribution in [2.24, 2.45) is 0 Å². The molecule has 0 saturated heterocycles. The number of carbonyl (C=O) groups is 2. The lowest BCUT2D eigenvalue weighted by Gasteiger charge is -2.35. The highest BCUT2D eigenvalue weighted by Gasteiger charge is 2.35. The highest BCUT2D eigenvalue weighted by atomic mass is 32.2. The third kappa shape index (κ3) is 10.4. The van der Waals surface area contributed by atoms with Gasteiger partial charge in [0.15, 0.2) is 0 Å². The van der Waals surface area contributed by atoms with E-state index in [9.17, 15) is 13.8 Å². The molecule has 2 heterocycles. The number of allylic oxidation sites excluding steroid dienone is 2. The molecule has 1 aromatic heterocycles. The summed E-state index contributed by atoms with van der Waals surface area (Å²) in [4.78, 5) is 31.7. The number of nitrogens with zero attached hydrogens (tertiary/aromatic N) is 3. The van der Waals surface area contributed by atoms with E-state index in [1.54, 1.807) is 30.5 Å². The van der Waals surface area contributed by atoms with Crippen molar-refractivity contribution >= 4 is 34.5 Å². The van der Waals surface area contributed by atoms with E-state index >= 15 is 0 Å². The number of carbonyl (C=O) groups excluding carboxylic acids is 2. The Balaban J connectivity index is 1.33. The number of hydrogen-bond donors (Lipinski definition) is 1. The molecule has 0 bridgehead atoms. The fourth-order valence-electron chi connectivity index (χ4n) is 6.16. The van der Waals surface area contributed by atoms with Crippen LogP contribution in [-0.2, 0) is 44.0 Å². The molecule has 2 atom stereocenters. The van der Waals surface area contributed by atoms with Gasteiger partial charge in [-0.05, 0) is 73.9 Å². The molecule has 2 unspecified atom stereocenters. The quantitative estimate of drug-likeness (QED) is 0.0647. The lowest BCUT2D eigenvalue weighted by atomic mass is 9.99. The number of nitrogens with one attached hydrogen (secondary N) is 1. The Morgan fingerprint density at radius 2 is 1.75 bits per heavy atom. The van der Waals surface area contributed by atoms with Crippen LogP contribution in [-0.4, -0.2) is 56.9 Å². The van der Waals surface area contributed by atoms with Crippen molar-refractivity contribution in [3.05, 3.63) is 126 Å². The summed E-state index contributed by atoms with van der Waals surface area (Å²) in [5.41, 5.74) is 3.97. The number of amides is 2. The summed E-state index contributed by atoms with van der Waals surface area (Å²) < 4.78 is 26.7. The van der Waals surface area contributed by atoms with Crippen LogP contribution in [0.2, 0.25) is 0 Å². The average molecular weight is 710 g/mol. The van der Waals surface area contributed by atoms with Gasteiger partial charge in [-0.2, -0.15) is 0 Å². The molecule has 9 nitrogen and oxygen atoms in total. The minimum atomic E-state index is -1.27. The molecule has 51 heavy (non-hydrogen) atoms. The van der Waals surface area contributed by atoms with Gasteiger partial charge < -0.3 is 19.4 Å². The molecule has 2 amide bonds. The van der Waals surface area contributed by atoms with Gasteiger partial charge in [0.25, 0.3) is 5.91 Å². The van der Waals surface area contributed by atoms with Crippen molar-refractivity contribution in [2.75, 3.05) is 31.7 Å². The van der Waals surface area contributed by atoms with Crippen LogP contribution in [0.3, 0.4) is 0 Å². The number of imidazole rings is 1. The summed E-state index contributed by atoms with van der Waals surface area (Å²) in [5, 5.41) is 3.02. The van der Waals surface area contributed by atoms with Crippen molar-refractivity contribution in [3.8, 4) is 5.75 Å². The molecule has 5 rings (SSSR count). The van der Waals surface area contributed by atoms with Crippen molar-refractivity contribution in [2.45, 2.75) is 69.7 Å². The van der Waals surface area contributed by atoms with E-state index in [-0.39, 0.29) is 10.4 Å². The molecule has 1 aliphatic heterocycles. The predicted octanol–water partition coefficient (Wildman–Crippen LogP) is 7.67. The monoisotopic (exact) mass is 709 g/mol. The van der Waals surface area contributed by atoms with Crippen LogP contribution in [0.5, 0.6) is 5.75 Å². The Hall–Kier alpha value is -4.64. The van der Waals surface area contributed by atoms with Gasteiger partial charge in [0.1, 0.15) is 30.4 Å². The summed E-state index contributed by atoms with van der Waals surface area (Å²) in [5.74, 6) is 1.64. The second-order valence-electron chi connectivity index (χ2n) is 12.7. The van der Waals surface area contributed by atoms with E-state index in [1.165, 1.54) is 0 Å². The largest absolute Gasteiger partial charge is 0.491 e. The zero-order valence-electron chi connectivity index (χ0n) is 29.7. The van der Waals surface area contributed by atoms with Gasteiger partial charge in [-0.1, -0.05) is 50.6 Å². The Bertz CT molecular complexity index is 1800. The first-order chi connectivity index (χ1) is 24.9. The van der Waals surface area contributed by atoms with Crippen LogP contribution in [0, 0.1) is 0 Å². The van der Waals surface area contributed by atoms with E-state index in [0.29, 0.717) is 61.1 Å². The van der Waals surface area contributed by atoms with Crippen LogP contribution in [0.15, 0.2) is 114 Å². The second-order valence-corrected chi connectivity index (χ2v) is 14.1. The molecule has 0 spiro atoms. The van der Waals surface area contributed by atoms with Crippen LogP contribution in [0.4, 0.5) is 5.69 Å². The summed E-state index contributed by atoms with van der Waals surface area (Å²) in [7, 11) is -1.27. The van der Waals surface area contributed by atoms with E-state index in [4.69, 9.17) is 9.47 Å². The molecule has 0 radical (unpaired) electrons. The smallest absolute Gasteiger partial charge is 0.306 e. The van der Waals surface area contributed by atoms with E-state index in [0.717, 1.165) is 67.2 Å². The normalized spacial score (nSPS) is 16.7. The van der Waals surface area contributed by atoms with E-state index in [1.807, 2.05) is 77.5 Å². The van der Waals surface area contributed by atoms with Gasteiger partial charge >= 0.3 is 6.41 Å². The molecule has 1 aliphatic rings. The Kier molecular flexibility index (Phi) is 14.1. The Morgan fingerprint density at radius 3 is 2.47 bits per heavy atom. The zero-order valence-corrected chi connectivity index (χ0v) is 30.5. The molecule has 0 saturated carbocycles.